The van der Waals surface area contributed by atoms with Gasteiger partial charge in [-0.25, -0.2) is 0 Å². The number of benzene rings is 1. The highest BCUT2D eigenvalue weighted by Crippen LogP contribution is 2.16. The van der Waals surface area contributed by atoms with Crippen LogP contribution in [0.25, 0.3) is 0 Å². The summed E-state index contributed by atoms with van der Waals surface area (Å²) in [5.74, 6) is 0.829. The lowest BCUT2D eigenvalue weighted by Crippen LogP contribution is -2.10. The summed E-state index contributed by atoms with van der Waals surface area (Å²) in [5, 5.41) is 4.48. The van der Waals surface area contributed by atoms with E-state index in [1.54, 1.807) is 6.07 Å². The van der Waals surface area contributed by atoms with Crippen molar-refractivity contribution >= 4 is 5.78 Å². The number of aryl methyl sites for hydroxylation is 2. The molecule has 4 nitrogen and oxygen atoms in total. The topological polar surface area (TPSA) is 44.1 Å². The van der Waals surface area contributed by atoms with Gasteiger partial charge in [0, 0.05) is 17.8 Å². The number of hydrogen-bond donors (Lipinski definition) is 0. The fraction of sp³-hybridized carbons (Fsp3) is 0.412. The van der Waals surface area contributed by atoms with E-state index in [-0.39, 0.29) is 5.78 Å². The standard InChI is InChI=1S/C17H22N2O2/c1-4-14-11-15(19(5-2)18-14)12-17(20)13-8-7-9-16(10-13)21-6-3/h7-11H,4-6,12H2,1-3H3. The van der Waals surface area contributed by atoms with Gasteiger partial charge in [-0.15, -0.1) is 0 Å². The monoisotopic (exact) mass is 286 g/mol. The zero-order chi connectivity index (χ0) is 15.2. The molecule has 0 bridgehead atoms. The van der Waals surface area contributed by atoms with Crippen LogP contribution < -0.4 is 4.74 Å². The third-order valence-corrected chi connectivity index (χ3v) is 3.38. The summed E-state index contributed by atoms with van der Waals surface area (Å²) in [4.78, 5) is 12.4. The largest absolute Gasteiger partial charge is 0.494 e. The predicted octanol–water partition coefficient (Wildman–Crippen LogP) is 3.29. The summed E-state index contributed by atoms with van der Waals surface area (Å²) in [7, 11) is 0. The number of nitrogens with zero attached hydrogens (tertiary/aromatic N) is 2. The molecule has 0 saturated carbocycles. The van der Waals surface area contributed by atoms with Gasteiger partial charge in [-0.3, -0.25) is 9.48 Å². The molecule has 0 aliphatic rings. The van der Waals surface area contributed by atoms with Crippen molar-refractivity contribution in [2.24, 2.45) is 0 Å². The Kier molecular flexibility index (Phi) is 5.14. The average molecular weight is 286 g/mol. The summed E-state index contributed by atoms with van der Waals surface area (Å²) in [5.41, 5.74) is 2.69. The molecule has 2 aromatic rings. The van der Waals surface area contributed by atoms with E-state index in [0.29, 0.717) is 18.6 Å². The minimum Gasteiger partial charge on any atom is -0.494 e. The molecule has 0 atom stereocenters. The first-order chi connectivity index (χ1) is 10.2. The molecule has 1 aromatic carbocycles. The Morgan fingerprint density at radius 3 is 2.71 bits per heavy atom. The predicted molar refractivity (Wildman–Crippen MR) is 82.9 cm³/mol. The molecule has 0 aliphatic heterocycles. The Labute approximate surface area is 125 Å². The molecular weight excluding hydrogens is 264 g/mol. The van der Waals surface area contributed by atoms with Crippen molar-refractivity contribution in [2.45, 2.75) is 40.2 Å². The zero-order valence-corrected chi connectivity index (χ0v) is 12.9. The number of Topliss-reactive ketones (excluding diaryl/α,β-unsaturated/α-hetero) is 1. The van der Waals surface area contributed by atoms with E-state index in [1.807, 2.05) is 42.8 Å². The smallest absolute Gasteiger partial charge is 0.168 e. The molecular formula is C17H22N2O2. The van der Waals surface area contributed by atoms with Crippen LogP contribution in [-0.2, 0) is 19.4 Å². The first-order valence-corrected chi connectivity index (χ1v) is 7.49. The molecule has 0 aliphatic carbocycles. The second-order valence-corrected chi connectivity index (χ2v) is 4.86. The molecule has 2 rings (SSSR count). The fourth-order valence-corrected chi connectivity index (χ4v) is 2.30. The van der Waals surface area contributed by atoms with E-state index < -0.39 is 0 Å². The van der Waals surface area contributed by atoms with E-state index >= 15 is 0 Å². The lowest BCUT2D eigenvalue weighted by Gasteiger charge is -2.06. The Bertz CT molecular complexity index is 617. The third kappa shape index (κ3) is 3.72. The van der Waals surface area contributed by atoms with Gasteiger partial charge < -0.3 is 4.74 Å². The Hall–Kier alpha value is -2.10. The van der Waals surface area contributed by atoms with Crippen molar-refractivity contribution in [3.05, 3.63) is 47.3 Å². The number of ether oxygens (including phenoxy) is 1. The average Bonchev–Trinajstić information content (AvgIpc) is 2.90. The Morgan fingerprint density at radius 2 is 2.05 bits per heavy atom. The molecule has 1 aromatic heterocycles. The first-order valence-electron chi connectivity index (χ1n) is 7.49. The quantitative estimate of drug-likeness (QED) is 0.734. The van der Waals surface area contributed by atoms with Gasteiger partial charge in [0.25, 0.3) is 0 Å². The van der Waals surface area contributed by atoms with Gasteiger partial charge in [-0.2, -0.15) is 5.10 Å². The van der Waals surface area contributed by atoms with Crippen LogP contribution in [0.1, 0.15) is 42.5 Å². The van der Waals surface area contributed by atoms with Crippen LogP contribution in [0.4, 0.5) is 0 Å². The van der Waals surface area contributed by atoms with E-state index in [1.165, 1.54) is 0 Å². The van der Waals surface area contributed by atoms with E-state index in [2.05, 4.69) is 12.0 Å². The van der Waals surface area contributed by atoms with Gasteiger partial charge in [-0.05, 0) is 38.5 Å². The molecule has 112 valence electrons. The van der Waals surface area contributed by atoms with Crippen LogP contribution in [0.2, 0.25) is 0 Å². The highest BCUT2D eigenvalue weighted by Gasteiger charge is 2.13. The summed E-state index contributed by atoms with van der Waals surface area (Å²) in [6, 6.07) is 9.38. The lowest BCUT2D eigenvalue weighted by atomic mass is 10.1. The maximum absolute atomic E-state index is 12.4. The van der Waals surface area contributed by atoms with Gasteiger partial charge >= 0.3 is 0 Å². The van der Waals surface area contributed by atoms with Crippen molar-refractivity contribution in [2.75, 3.05) is 6.61 Å². The molecule has 0 radical (unpaired) electrons. The number of hydrogen-bond acceptors (Lipinski definition) is 3. The zero-order valence-electron chi connectivity index (χ0n) is 12.9. The number of rotatable bonds is 7. The molecule has 0 N–H and O–H groups in total. The van der Waals surface area contributed by atoms with Crippen LogP contribution in [0.3, 0.4) is 0 Å². The highest BCUT2D eigenvalue weighted by atomic mass is 16.5. The first kappa shape index (κ1) is 15.3. The third-order valence-electron chi connectivity index (χ3n) is 3.38. The van der Waals surface area contributed by atoms with Crippen LogP contribution in [0.5, 0.6) is 5.75 Å². The molecule has 1 heterocycles. The van der Waals surface area contributed by atoms with Gasteiger partial charge in [0.15, 0.2) is 5.78 Å². The molecule has 0 unspecified atom stereocenters. The van der Waals surface area contributed by atoms with Gasteiger partial charge in [0.2, 0.25) is 0 Å². The maximum atomic E-state index is 12.4. The summed E-state index contributed by atoms with van der Waals surface area (Å²) in [6.07, 6.45) is 1.25. The molecule has 0 fully saturated rings. The van der Waals surface area contributed by atoms with Crippen molar-refractivity contribution in [3.8, 4) is 5.75 Å². The molecule has 21 heavy (non-hydrogen) atoms. The second kappa shape index (κ2) is 7.07. The second-order valence-electron chi connectivity index (χ2n) is 4.86. The Morgan fingerprint density at radius 1 is 1.24 bits per heavy atom. The van der Waals surface area contributed by atoms with Gasteiger partial charge in [-0.1, -0.05) is 19.1 Å². The van der Waals surface area contributed by atoms with E-state index in [9.17, 15) is 4.79 Å². The summed E-state index contributed by atoms with van der Waals surface area (Å²) in [6.45, 7) is 7.41. The fourth-order valence-electron chi connectivity index (χ4n) is 2.30. The molecule has 0 spiro atoms. The number of ketones is 1. The minimum absolute atomic E-state index is 0.0915. The summed E-state index contributed by atoms with van der Waals surface area (Å²) >= 11 is 0. The van der Waals surface area contributed by atoms with Crippen LogP contribution >= 0.6 is 0 Å². The normalized spacial score (nSPS) is 10.6. The van der Waals surface area contributed by atoms with Crippen molar-refractivity contribution in [3.63, 3.8) is 0 Å². The minimum atomic E-state index is 0.0915. The van der Waals surface area contributed by atoms with Crippen molar-refractivity contribution < 1.29 is 9.53 Å². The van der Waals surface area contributed by atoms with Crippen molar-refractivity contribution in [1.82, 2.24) is 9.78 Å². The highest BCUT2D eigenvalue weighted by molar-refractivity contribution is 5.97. The lowest BCUT2D eigenvalue weighted by molar-refractivity contribution is 0.0990. The summed E-state index contributed by atoms with van der Waals surface area (Å²) < 4.78 is 7.35. The van der Waals surface area contributed by atoms with Crippen LogP contribution in [0.15, 0.2) is 30.3 Å². The maximum Gasteiger partial charge on any atom is 0.168 e. The van der Waals surface area contributed by atoms with Crippen LogP contribution in [-0.4, -0.2) is 22.2 Å². The van der Waals surface area contributed by atoms with E-state index in [4.69, 9.17) is 4.74 Å². The van der Waals surface area contributed by atoms with E-state index in [0.717, 1.165) is 30.1 Å². The number of aromatic nitrogens is 2. The number of carbonyl (C=O) groups is 1. The molecule has 0 amide bonds. The van der Waals surface area contributed by atoms with Gasteiger partial charge in [0.05, 0.1) is 18.7 Å². The SMILES string of the molecule is CCOc1cccc(C(=O)Cc2cc(CC)nn2CC)c1. The number of carbonyl (C=O) groups excluding carboxylic acids is 1. The van der Waals surface area contributed by atoms with Crippen LogP contribution in [0, 0.1) is 0 Å². The Balaban J connectivity index is 2.17. The molecule has 4 heteroatoms. The molecule has 0 saturated heterocycles. The van der Waals surface area contributed by atoms with Gasteiger partial charge in [0.1, 0.15) is 5.75 Å². The van der Waals surface area contributed by atoms with Crippen molar-refractivity contribution in [1.29, 1.82) is 0 Å².